The van der Waals surface area contributed by atoms with Crippen LogP contribution in [0, 0.1) is 6.92 Å². The zero-order valence-corrected chi connectivity index (χ0v) is 15.3. The molecule has 0 bridgehead atoms. The Hall–Kier alpha value is -2.38. The van der Waals surface area contributed by atoms with Crippen LogP contribution >= 0.6 is 0 Å². The Morgan fingerprint density at radius 3 is 2.40 bits per heavy atom. The summed E-state index contributed by atoms with van der Waals surface area (Å²) in [6.07, 6.45) is 0. The summed E-state index contributed by atoms with van der Waals surface area (Å²) in [6, 6.07) is 10.8. The molecule has 2 rings (SSSR count). The van der Waals surface area contributed by atoms with Gasteiger partial charge in [0.05, 0.1) is 10.6 Å². The molecule has 0 heterocycles. The standard InChI is InChI=1S/C18H22N2O4S/c1-4-20(5-2)25(23,24)15-8-6-7-14(12-15)18(22)19-16-10-9-13(3)11-17(16)21/h6-12,21H,4-5H2,1-3H3,(H,19,22). The number of rotatable bonds is 6. The van der Waals surface area contributed by atoms with Crippen molar-refractivity contribution in [1.82, 2.24) is 4.31 Å². The number of hydrogen-bond acceptors (Lipinski definition) is 4. The number of carbonyl (C=O) groups is 1. The van der Waals surface area contributed by atoms with Crippen molar-refractivity contribution < 1.29 is 18.3 Å². The molecule has 0 aliphatic rings. The van der Waals surface area contributed by atoms with Crippen LogP contribution in [-0.4, -0.2) is 36.8 Å². The highest BCUT2D eigenvalue weighted by Gasteiger charge is 2.22. The summed E-state index contributed by atoms with van der Waals surface area (Å²) in [4.78, 5) is 12.5. The van der Waals surface area contributed by atoms with Gasteiger partial charge in [-0.25, -0.2) is 8.42 Å². The summed E-state index contributed by atoms with van der Waals surface area (Å²) in [5, 5.41) is 12.5. The van der Waals surface area contributed by atoms with Crippen LogP contribution in [0.25, 0.3) is 0 Å². The molecule has 0 aliphatic heterocycles. The van der Waals surface area contributed by atoms with Gasteiger partial charge >= 0.3 is 0 Å². The van der Waals surface area contributed by atoms with Gasteiger partial charge in [-0.3, -0.25) is 4.79 Å². The van der Waals surface area contributed by atoms with Gasteiger partial charge in [0.2, 0.25) is 10.0 Å². The third-order valence-corrected chi connectivity index (χ3v) is 5.89. The first-order chi connectivity index (χ1) is 11.8. The molecule has 7 heteroatoms. The Morgan fingerprint density at radius 1 is 1.12 bits per heavy atom. The average Bonchev–Trinajstić information content (AvgIpc) is 2.58. The van der Waals surface area contributed by atoms with Gasteiger partial charge in [-0.05, 0) is 42.8 Å². The van der Waals surface area contributed by atoms with Gasteiger partial charge in [0, 0.05) is 18.7 Å². The van der Waals surface area contributed by atoms with E-state index in [4.69, 9.17) is 0 Å². The molecule has 6 nitrogen and oxygen atoms in total. The smallest absolute Gasteiger partial charge is 0.255 e. The van der Waals surface area contributed by atoms with Crippen molar-refractivity contribution in [3.05, 3.63) is 53.6 Å². The minimum atomic E-state index is -3.64. The number of benzene rings is 2. The summed E-state index contributed by atoms with van der Waals surface area (Å²) >= 11 is 0. The molecule has 0 unspecified atom stereocenters. The van der Waals surface area contributed by atoms with Crippen LogP contribution in [0.5, 0.6) is 5.75 Å². The van der Waals surface area contributed by atoms with Crippen LogP contribution in [0.1, 0.15) is 29.8 Å². The highest BCUT2D eigenvalue weighted by Crippen LogP contribution is 2.25. The lowest BCUT2D eigenvalue weighted by Gasteiger charge is -2.18. The lowest BCUT2D eigenvalue weighted by Crippen LogP contribution is -2.30. The zero-order chi connectivity index (χ0) is 18.6. The molecule has 0 aliphatic carbocycles. The van der Waals surface area contributed by atoms with Gasteiger partial charge < -0.3 is 10.4 Å². The maximum atomic E-state index is 12.6. The number of amides is 1. The molecule has 1 amide bonds. The van der Waals surface area contributed by atoms with E-state index in [0.717, 1.165) is 5.56 Å². The first-order valence-electron chi connectivity index (χ1n) is 8.00. The summed E-state index contributed by atoms with van der Waals surface area (Å²) in [7, 11) is -3.64. The lowest BCUT2D eigenvalue weighted by atomic mass is 10.2. The van der Waals surface area contributed by atoms with E-state index in [-0.39, 0.29) is 21.9 Å². The second kappa shape index (κ2) is 7.67. The molecule has 0 saturated heterocycles. The van der Waals surface area contributed by atoms with Crippen LogP contribution in [0.2, 0.25) is 0 Å². The summed E-state index contributed by atoms with van der Waals surface area (Å²) in [6.45, 7) is 6.06. The lowest BCUT2D eigenvalue weighted by molar-refractivity contribution is 0.102. The highest BCUT2D eigenvalue weighted by molar-refractivity contribution is 7.89. The van der Waals surface area contributed by atoms with Crippen LogP contribution in [0.15, 0.2) is 47.4 Å². The maximum absolute atomic E-state index is 12.6. The summed E-state index contributed by atoms with van der Waals surface area (Å²) in [5.41, 5.74) is 1.34. The number of phenols is 1. The number of aryl methyl sites for hydroxylation is 1. The minimum absolute atomic E-state index is 0.0414. The van der Waals surface area contributed by atoms with Crippen LogP contribution in [-0.2, 0) is 10.0 Å². The van der Waals surface area contributed by atoms with Gasteiger partial charge in [-0.1, -0.05) is 26.0 Å². The molecule has 0 radical (unpaired) electrons. The molecule has 2 aromatic rings. The van der Waals surface area contributed by atoms with E-state index in [1.807, 2.05) is 6.92 Å². The van der Waals surface area contributed by atoms with E-state index in [1.54, 1.807) is 26.0 Å². The van der Waals surface area contributed by atoms with E-state index < -0.39 is 15.9 Å². The van der Waals surface area contributed by atoms with E-state index in [2.05, 4.69) is 5.32 Å². The van der Waals surface area contributed by atoms with Crippen LogP contribution in [0.3, 0.4) is 0 Å². The second-order valence-electron chi connectivity index (χ2n) is 5.59. The fraction of sp³-hybridized carbons (Fsp3) is 0.278. The first-order valence-corrected chi connectivity index (χ1v) is 9.44. The van der Waals surface area contributed by atoms with Crippen LogP contribution in [0.4, 0.5) is 5.69 Å². The number of carbonyl (C=O) groups excluding carboxylic acids is 1. The fourth-order valence-corrected chi connectivity index (χ4v) is 3.96. The molecule has 0 fully saturated rings. The molecule has 134 valence electrons. The van der Waals surface area contributed by atoms with E-state index >= 15 is 0 Å². The monoisotopic (exact) mass is 362 g/mol. The molecule has 0 aromatic heterocycles. The maximum Gasteiger partial charge on any atom is 0.255 e. The Kier molecular flexibility index (Phi) is 5.81. The van der Waals surface area contributed by atoms with Crippen molar-refractivity contribution >= 4 is 21.6 Å². The number of sulfonamides is 1. The normalized spacial score (nSPS) is 11.5. The van der Waals surface area contributed by atoms with Crippen LogP contribution < -0.4 is 5.32 Å². The van der Waals surface area contributed by atoms with Gasteiger partial charge in [0.15, 0.2) is 0 Å². The molecule has 2 N–H and O–H groups in total. The minimum Gasteiger partial charge on any atom is -0.506 e. The Balaban J connectivity index is 2.30. The third-order valence-electron chi connectivity index (χ3n) is 3.84. The predicted molar refractivity (Wildman–Crippen MR) is 97.3 cm³/mol. The first kappa shape index (κ1) is 19.0. The van der Waals surface area contributed by atoms with Gasteiger partial charge in [0.25, 0.3) is 5.91 Å². The average molecular weight is 362 g/mol. The second-order valence-corrected chi connectivity index (χ2v) is 7.53. The van der Waals surface area contributed by atoms with Gasteiger partial charge in [0.1, 0.15) is 5.75 Å². The fourth-order valence-electron chi connectivity index (χ4n) is 2.45. The number of nitrogens with zero attached hydrogens (tertiary/aromatic N) is 1. The van der Waals surface area contributed by atoms with Crippen molar-refractivity contribution in [3.8, 4) is 5.75 Å². The summed E-state index contributed by atoms with van der Waals surface area (Å²) < 4.78 is 26.5. The van der Waals surface area contributed by atoms with Crippen molar-refractivity contribution in [1.29, 1.82) is 0 Å². The number of phenolic OH excluding ortho intramolecular Hbond substituents is 1. The number of anilines is 1. The molecule has 0 spiro atoms. The van der Waals surface area contributed by atoms with Gasteiger partial charge in [-0.2, -0.15) is 4.31 Å². The highest BCUT2D eigenvalue weighted by atomic mass is 32.2. The largest absolute Gasteiger partial charge is 0.506 e. The molecule has 0 atom stereocenters. The summed E-state index contributed by atoms with van der Waals surface area (Å²) in [5.74, 6) is -0.531. The molecular formula is C18H22N2O4S. The Labute approximate surface area is 148 Å². The van der Waals surface area contributed by atoms with Gasteiger partial charge in [-0.15, -0.1) is 0 Å². The Bertz CT molecular complexity index is 874. The van der Waals surface area contributed by atoms with Crippen molar-refractivity contribution in [3.63, 3.8) is 0 Å². The molecule has 2 aromatic carbocycles. The van der Waals surface area contributed by atoms with Crippen molar-refractivity contribution in [2.45, 2.75) is 25.7 Å². The van der Waals surface area contributed by atoms with Crippen molar-refractivity contribution in [2.75, 3.05) is 18.4 Å². The molecule has 25 heavy (non-hydrogen) atoms. The molecule has 0 saturated carbocycles. The van der Waals surface area contributed by atoms with Crippen molar-refractivity contribution in [2.24, 2.45) is 0 Å². The number of aromatic hydroxyl groups is 1. The van der Waals surface area contributed by atoms with E-state index in [9.17, 15) is 18.3 Å². The molecular weight excluding hydrogens is 340 g/mol. The quantitative estimate of drug-likeness (QED) is 0.774. The Morgan fingerprint density at radius 2 is 1.80 bits per heavy atom. The zero-order valence-electron chi connectivity index (χ0n) is 14.5. The van der Waals surface area contributed by atoms with E-state index in [1.165, 1.54) is 34.6 Å². The third kappa shape index (κ3) is 4.18. The van der Waals surface area contributed by atoms with E-state index in [0.29, 0.717) is 13.1 Å². The number of hydrogen-bond donors (Lipinski definition) is 2. The number of nitrogens with one attached hydrogen (secondary N) is 1. The SMILES string of the molecule is CCN(CC)S(=O)(=O)c1cccc(C(=O)Nc2ccc(C)cc2O)c1. The predicted octanol–water partition coefficient (Wildman–Crippen LogP) is 2.98. The topological polar surface area (TPSA) is 86.7 Å².